The molecule has 0 aliphatic rings. The highest BCUT2D eigenvalue weighted by atomic mass is 16.6. The van der Waals surface area contributed by atoms with Crippen molar-refractivity contribution in [1.29, 1.82) is 0 Å². The van der Waals surface area contributed by atoms with Crippen molar-refractivity contribution in [1.82, 2.24) is 0 Å². The van der Waals surface area contributed by atoms with E-state index in [1.165, 1.54) is 42.5 Å². The summed E-state index contributed by atoms with van der Waals surface area (Å²) in [6.45, 7) is 7.63. The van der Waals surface area contributed by atoms with Crippen LogP contribution in [0.3, 0.4) is 0 Å². The van der Waals surface area contributed by atoms with Gasteiger partial charge < -0.3 is 94.7 Å². The van der Waals surface area contributed by atoms with Crippen LogP contribution in [0.5, 0.6) is 0 Å². The molecule has 5 aromatic carbocycles. The Hall–Kier alpha value is -9.35. The van der Waals surface area contributed by atoms with Gasteiger partial charge in [-0.1, -0.05) is 59.4 Å². The van der Waals surface area contributed by atoms with Crippen LogP contribution in [0.25, 0.3) is 0 Å². The third-order valence-electron chi connectivity index (χ3n) is 13.7. The topological polar surface area (TPSA) is 270 Å². The van der Waals surface area contributed by atoms with Gasteiger partial charge in [-0.15, -0.1) is 6.42 Å². The molecule has 25 nitrogen and oxygen atoms in total. The molecule has 105 heavy (non-hydrogen) atoms. The fraction of sp³-hybridized carbons (Fsp3) is 0.438. The number of hydrogen-bond acceptors (Lipinski definition) is 25. The largest absolute Gasteiger partial charge is 0.460 e. The lowest BCUT2D eigenvalue weighted by Gasteiger charge is -2.08. The molecule has 0 atom stereocenters. The number of methoxy groups -OCH3 is 5. The zero-order valence-electron chi connectivity index (χ0n) is 60.2. The summed E-state index contributed by atoms with van der Waals surface area (Å²) in [4.78, 5) is 67.8. The van der Waals surface area contributed by atoms with Gasteiger partial charge in [-0.3, -0.25) is 0 Å². The highest BCUT2D eigenvalue weighted by Gasteiger charge is 2.16. The van der Waals surface area contributed by atoms with Gasteiger partial charge in [-0.2, -0.15) is 0 Å². The maximum Gasteiger partial charge on any atom is 0.338 e. The molecule has 5 aromatic rings. The van der Waals surface area contributed by atoms with E-state index >= 15 is 0 Å². The van der Waals surface area contributed by atoms with Gasteiger partial charge in [0.1, 0.15) is 33.0 Å². The predicted molar refractivity (Wildman–Crippen MR) is 383 cm³/mol. The Morgan fingerprint density at radius 3 is 0.638 bits per heavy atom. The van der Waals surface area contributed by atoms with Gasteiger partial charge in [-0.05, 0) is 91.0 Å². The van der Waals surface area contributed by atoms with Crippen LogP contribution in [0.4, 0.5) is 0 Å². The summed E-state index contributed by atoms with van der Waals surface area (Å²) in [6.07, 6.45) is 5.82. The van der Waals surface area contributed by atoms with Crippen LogP contribution in [-0.2, 0) is 94.7 Å². The molecule has 562 valence electrons. The molecule has 0 spiro atoms. The van der Waals surface area contributed by atoms with Gasteiger partial charge in [0.2, 0.25) is 0 Å². The van der Waals surface area contributed by atoms with Crippen molar-refractivity contribution in [2.45, 2.75) is 0 Å². The Bertz CT molecular complexity index is 3760. The predicted octanol–water partition coefficient (Wildman–Crippen LogP) is 6.45. The molecule has 0 radical (unpaired) electrons. The van der Waals surface area contributed by atoms with E-state index in [1.54, 1.807) is 90.1 Å². The van der Waals surface area contributed by atoms with Gasteiger partial charge in [0.15, 0.2) is 0 Å². The first-order chi connectivity index (χ1) is 51.4. The van der Waals surface area contributed by atoms with E-state index in [9.17, 15) is 24.0 Å². The van der Waals surface area contributed by atoms with Crippen LogP contribution < -0.4 is 0 Å². The second-order valence-electron chi connectivity index (χ2n) is 21.7. The van der Waals surface area contributed by atoms with E-state index in [0.717, 1.165) is 0 Å². The first-order valence-corrected chi connectivity index (χ1v) is 33.8. The summed E-state index contributed by atoms with van der Waals surface area (Å²) in [5.74, 6) is 24.0. The third-order valence-corrected chi connectivity index (χ3v) is 13.7. The second-order valence-corrected chi connectivity index (χ2v) is 21.7. The van der Waals surface area contributed by atoms with Crippen LogP contribution in [0, 0.1) is 59.7 Å². The van der Waals surface area contributed by atoms with Gasteiger partial charge in [0, 0.05) is 85.6 Å². The van der Waals surface area contributed by atoms with Crippen LogP contribution >= 0.6 is 0 Å². The van der Waals surface area contributed by atoms with Crippen molar-refractivity contribution in [3.05, 3.63) is 175 Å². The molecule has 0 fully saturated rings. The average molecular weight is 1450 g/mol. The summed E-state index contributed by atoms with van der Waals surface area (Å²) in [7, 11) is 7.90. The summed E-state index contributed by atoms with van der Waals surface area (Å²) in [5.41, 5.74) is 3.86. The standard InChI is InChI=1S/C80H92O25/c1-7-62-49-64(55-72(53-62)77(82)102-45-40-97-35-30-92-25-20-87-3)13-14-66-51-68(59-74(57-66)79(84)104-47-42-99-37-32-94-27-22-89-5)17-18-70-52-69(60-75(61-70)80(85)105-48-43-100-38-33-95-28-23-90-6)16-15-67-50-65(56-73(58-67)78(83)103-46-41-98-36-31-93-26-21-88-4)12-11-63-9-8-10-71(54-63)76(81)101-44-39-96-34-29-91-24-19-86-2/h1,8-10,49-61H,19-48H2,2-6H3. The first-order valence-electron chi connectivity index (χ1n) is 33.8. The number of hydrogen-bond donors (Lipinski definition) is 0. The van der Waals surface area contributed by atoms with Gasteiger partial charge in [-0.25, -0.2) is 24.0 Å². The Morgan fingerprint density at radius 2 is 0.410 bits per heavy atom. The van der Waals surface area contributed by atoms with Gasteiger partial charge in [0.25, 0.3) is 0 Å². The molecular weight excluding hydrogens is 1360 g/mol. The van der Waals surface area contributed by atoms with Crippen LogP contribution in [0.15, 0.2) is 97.1 Å². The van der Waals surface area contributed by atoms with E-state index in [4.69, 9.17) is 101 Å². The molecule has 0 N–H and O–H groups in total. The average Bonchev–Trinajstić information content (AvgIpc) is 0.860. The summed E-state index contributed by atoms with van der Waals surface area (Å²) < 4.78 is 108. The lowest BCUT2D eigenvalue weighted by atomic mass is 10.0. The van der Waals surface area contributed by atoms with Crippen molar-refractivity contribution in [3.63, 3.8) is 0 Å². The van der Waals surface area contributed by atoms with Crippen molar-refractivity contribution in [2.75, 3.05) is 234 Å². The van der Waals surface area contributed by atoms with Gasteiger partial charge >= 0.3 is 29.8 Å². The minimum Gasteiger partial charge on any atom is -0.460 e. The summed E-state index contributed by atoms with van der Waals surface area (Å²) in [5, 5.41) is 0. The molecule has 25 heteroatoms. The number of benzene rings is 5. The molecule has 0 aromatic heterocycles. The lowest BCUT2D eigenvalue weighted by Crippen LogP contribution is -2.14. The van der Waals surface area contributed by atoms with Crippen LogP contribution in [0.1, 0.15) is 102 Å². The van der Waals surface area contributed by atoms with Crippen molar-refractivity contribution < 1.29 is 119 Å². The van der Waals surface area contributed by atoms with E-state index in [1.807, 2.05) is 0 Å². The van der Waals surface area contributed by atoms with Crippen molar-refractivity contribution in [3.8, 4) is 59.7 Å². The quantitative estimate of drug-likeness (QED) is 0.0175. The maximum absolute atomic E-state index is 13.9. The Labute approximate surface area is 614 Å². The number of ether oxygens (including phenoxy) is 20. The number of carbonyl (C=O) groups is 5. The zero-order chi connectivity index (χ0) is 75.0. The number of terminal acetylenes is 1. The fourth-order valence-electron chi connectivity index (χ4n) is 8.58. The Morgan fingerprint density at radius 1 is 0.229 bits per heavy atom. The van der Waals surface area contributed by atoms with Crippen LogP contribution in [-0.4, -0.2) is 264 Å². The molecule has 0 saturated carbocycles. The molecule has 0 amide bonds. The molecule has 0 bridgehead atoms. The maximum atomic E-state index is 13.9. The number of esters is 5. The summed E-state index contributed by atoms with van der Waals surface area (Å²) >= 11 is 0. The highest BCUT2D eigenvalue weighted by molar-refractivity contribution is 5.93. The highest BCUT2D eigenvalue weighted by Crippen LogP contribution is 2.18. The van der Waals surface area contributed by atoms with E-state index < -0.39 is 29.8 Å². The van der Waals surface area contributed by atoms with Gasteiger partial charge in [0.05, 0.1) is 193 Å². The normalized spacial score (nSPS) is 10.6. The van der Waals surface area contributed by atoms with E-state index in [-0.39, 0.29) is 114 Å². The number of carbonyl (C=O) groups excluding carboxylic acids is 5. The lowest BCUT2D eigenvalue weighted by molar-refractivity contribution is 0.00552. The van der Waals surface area contributed by atoms with E-state index in [2.05, 4.69) is 53.3 Å². The molecule has 0 aliphatic carbocycles. The fourth-order valence-corrected chi connectivity index (χ4v) is 8.58. The SMILES string of the molecule is C#Cc1cc(C#Cc2cc(C#Cc3cc(C#Cc4cc(C#Cc5cccc(C(=O)OCCOCCOCCOC)c5)cc(C(=O)OCCOCCOCCOC)c4)cc(C(=O)OCCOCCOCCOC)c3)cc(C(=O)OCCOCCOCCOC)c2)cc(C(=O)OCCOCCOCCOC)c1. The number of rotatable bonds is 50. The van der Waals surface area contributed by atoms with E-state index in [0.29, 0.717) is 162 Å². The van der Waals surface area contributed by atoms with Crippen molar-refractivity contribution >= 4 is 29.8 Å². The minimum absolute atomic E-state index is 0.0160. The second kappa shape index (κ2) is 55.2. The molecular formula is C80H92O25. The third kappa shape index (κ3) is 38.3. The smallest absolute Gasteiger partial charge is 0.338 e. The van der Waals surface area contributed by atoms with Crippen LogP contribution in [0.2, 0.25) is 0 Å². The summed E-state index contributed by atoms with van der Waals surface area (Å²) in [6, 6.07) is 25.4. The first kappa shape index (κ1) is 86.3. The van der Waals surface area contributed by atoms with Crippen molar-refractivity contribution in [2.24, 2.45) is 0 Å². The minimum atomic E-state index is -0.715. The molecule has 0 saturated heterocycles. The molecule has 0 heterocycles. The zero-order valence-corrected chi connectivity index (χ0v) is 60.2. The Balaban J connectivity index is 1.51. The molecule has 5 rings (SSSR count). The monoisotopic (exact) mass is 1450 g/mol. The molecule has 0 aliphatic heterocycles. The Kier molecular flexibility index (Phi) is 45.4. The molecule has 0 unspecified atom stereocenters.